The van der Waals surface area contributed by atoms with E-state index >= 15 is 0 Å². The van der Waals surface area contributed by atoms with Crippen LogP contribution in [0.15, 0.2) is 0 Å². The Balaban J connectivity index is 2.75. The molecule has 1 aromatic rings. The van der Waals surface area contributed by atoms with E-state index in [0.29, 0.717) is 6.54 Å². The summed E-state index contributed by atoms with van der Waals surface area (Å²) in [6, 6.07) is 0. The van der Waals surface area contributed by atoms with Crippen LogP contribution in [0.3, 0.4) is 0 Å². The number of nitrogens with zero attached hydrogens (tertiary/aromatic N) is 3. The molecular weight excluding hydrogens is 164 g/mol. The molecule has 0 saturated carbocycles. The number of nitrogens with two attached hydrogens (primary N) is 1. The number of unbranched alkanes of at least 4 members (excludes halogenated alkanes) is 1. The average Bonchev–Trinajstić information content (AvgIpc) is 2.56. The van der Waals surface area contributed by atoms with Gasteiger partial charge in [0.05, 0.1) is 11.4 Å². The predicted octanol–water partition coefficient (Wildman–Crippen LogP) is 1.10. The molecular formula is C9H18N4. The lowest BCUT2D eigenvalue weighted by atomic mass is 10.2. The van der Waals surface area contributed by atoms with E-state index in [4.69, 9.17) is 5.73 Å². The molecule has 0 unspecified atom stereocenters. The highest BCUT2D eigenvalue weighted by Crippen LogP contribution is 2.06. The van der Waals surface area contributed by atoms with Crippen molar-refractivity contribution in [3.05, 3.63) is 11.4 Å². The first kappa shape index (κ1) is 10.2. The summed E-state index contributed by atoms with van der Waals surface area (Å²) in [5.74, 6) is 0. The summed E-state index contributed by atoms with van der Waals surface area (Å²) in [5, 5.41) is 8.13. The van der Waals surface area contributed by atoms with E-state index in [1.165, 1.54) is 12.1 Å². The summed E-state index contributed by atoms with van der Waals surface area (Å²) in [6.07, 6.45) is 3.30. The molecule has 0 fully saturated rings. The van der Waals surface area contributed by atoms with Crippen LogP contribution >= 0.6 is 0 Å². The summed E-state index contributed by atoms with van der Waals surface area (Å²) >= 11 is 0. The molecule has 4 nitrogen and oxygen atoms in total. The van der Waals surface area contributed by atoms with Crippen molar-refractivity contribution >= 4 is 0 Å². The first-order chi connectivity index (χ1) is 6.33. The van der Waals surface area contributed by atoms with Gasteiger partial charge in [0.1, 0.15) is 0 Å². The second-order valence-electron chi connectivity index (χ2n) is 3.12. The topological polar surface area (TPSA) is 56.7 Å². The lowest BCUT2D eigenvalue weighted by Crippen LogP contribution is -2.07. The summed E-state index contributed by atoms with van der Waals surface area (Å²) in [4.78, 5) is 0. The first-order valence-electron chi connectivity index (χ1n) is 4.94. The maximum absolute atomic E-state index is 5.55. The molecule has 0 atom stereocenters. The highest BCUT2D eigenvalue weighted by Gasteiger charge is 2.08. The van der Waals surface area contributed by atoms with E-state index in [0.717, 1.165) is 25.1 Å². The quantitative estimate of drug-likeness (QED) is 0.741. The molecule has 1 aromatic heterocycles. The third-order valence-corrected chi connectivity index (χ3v) is 2.17. The first-order valence-corrected chi connectivity index (χ1v) is 4.94. The van der Waals surface area contributed by atoms with Crippen molar-refractivity contribution in [1.29, 1.82) is 0 Å². The minimum atomic E-state index is 0.495. The Kier molecular flexibility index (Phi) is 3.89. The molecule has 0 aliphatic carbocycles. The third-order valence-electron chi connectivity index (χ3n) is 2.17. The van der Waals surface area contributed by atoms with Gasteiger partial charge < -0.3 is 5.73 Å². The molecule has 0 radical (unpaired) electrons. The fourth-order valence-corrected chi connectivity index (χ4v) is 1.40. The number of aryl methyl sites for hydroxylation is 1. The largest absolute Gasteiger partial charge is 0.325 e. The SMILES string of the molecule is CCCCn1nnc(CN)c1CC. The number of hydrogen-bond acceptors (Lipinski definition) is 3. The molecule has 4 heteroatoms. The fourth-order valence-electron chi connectivity index (χ4n) is 1.40. The minimum Gasteiger partial charge on any atom is -0.325 e. The van der Waals surface area contributed by atoms with Gasteiger partial charge in [-0.3, -0.25) is 0 Å². The van der Waals surface area contributed by atoms with Gasteiger partial charge in [0.25, 0.3) is 0 Å². The molecule has 13 heavy (non-hydrogen) atoms. The summed E-state index contributed by atoms with van der Waals surface area (Å²) in [5.41, 5.74) is 7.69. The fraction of sp³-hybridized carbons (Fsp3) is 0.778. The Morgan fingerprint density at radius 2 is 2.15 bits per heavy atom. The van der Waals surface area contributed by atoms with Crippen molar-refractivity contribution < 1.29 is 0 Å². The Labute approximate surface area is 79.1 Å². The molecule has 0 bridgehead atoms. The monoisotopic (exact) mass is 182 g/mol. The van der Waals surface area contributed by atoms with Crippen LogP contribution in [0.25, 0.3) is 0 Å². The second kappa shape index (κ2) is 4.97. The number of rotatable bonds is 5. The molecule has 1 heterocycles. The van der Waals surface area contributed by atoms with Crippen LogP contribution in [-0.4, -0.2) is 15.0 Å². The maximum Gasteiger partial charge on any atom is 0.0994 e. The Hall–Kier alpha value is -0.900. The maximum atomic E-state index is 5.55. The van der Waals surface area contributed by atoms with Gasteiger partial charge in [-0.05, 0) is 12.8 Å². The molecule has 0 aliphatic rings. The van der Waals surface area contributed by atoms with Crippen molar-refractivity contribution in [2.24, 2.45) is 5.73 Å². The van der Waals surface area contributed by atoms with Crippen LogP contribution in [0.2, 0.25) is 0 Å². The zero-order valence-corrected chi connectivity index (χ0v) is 8.45. The van der Waals surface area contributed by atoms with Gasteiger partial charge in [0.2, 0.25) is 0 Å². The van der Waals surface area contributed by atoms with Crippen LogP contribution in [0, 0.1) is 0 Å². The van der Waals surface area contributed by atoms with E-state index in [9.17, 15) is 0 Å². The van der Waals surface area contributed by atoms with Crippen LogP contribution in [0.5, 0.6) is 0 Å². The normalized spacial score (nSPS) is 10.7. The summed E-state index contributed by atoms with van der Waals surface area (Å²) in [6.45, 7) is 5.74. The van der Waals surface area contributed by atoms with Crippen molar-refractivity contribution in [3.63, 3.8) is 0 Å². The van der Waals surface area contributed by atoms with Gasteiger partial charge in [-0.25, -0.2) is 4.68 Å². The molecule has 74 valence electrons. The Morgan fingerprint density at radius 1 is 1.38 bits per heavy atom. The molecule has 2 N–H and O–H groups in total. The highest BCUT2D eigenvalue weighted by atomic mass is 15.4. The number of hydrogen-bond donors (Lipinski definition) is 1. The smallest absolute Gasteiger partial charge is 0.0994 e. The van der Waals surface area contributed by atoms with Crippen molar-refractivity contribution in [2.45, 2.75) is 46.2 Å². The van der Waals surface area contributed by atoms with E-state index in [1.807, 2.05) is 4.68 Å². The Bertz CT molecular complexity index is 254. The van der Waals surface area contributed by atoms with Gasteiger partial charge in [-0.15, -0.1) is 5.10 Å². The molecule has 0 aliphatic heterocycles. The molecule has 1 rings (SSSR count). The van der Waals surface area contributed by atoms with Crippen molar-refractivity contribution in [3.8, 4) is 0 Å². The third kappa shape index (κ3) is 2.28. The second-order valence-corrected chi connectivity index (χ2v) is 3.12. The van der Waals surface area contributed by atoms with Crippen LogP contribution in [-0.2, 0) is 19.5 Å². The molecule has 0 aromatic carbocycles. The van der Waals surface area contributed by atoms with Gasteiger partial charge in [-0.2, -0.15) is 0 Å². The van der Waals surface area contributed by atoms with Crippen molar-refractivity contribution in [2.75, 3.05) is 0 Å². The van der Waals surface area contributed by atoms with Crippen LogP contribution in [0.4, 0.5) is 0 Å². The average molecular weight is 182 g/mol. The Morgan fingerprint density at radius 3 is 2.69 bits per heavy atom. The van der Waals surface area contributed by atoms with Gasteiger partial charge >= 0.3 is 0 Å². The molecule has 0 saturated heterocycles. The number of aromatic nitrogens is 3. The van der Waals surface area contributed by atoms with Crippen LogP contribution in [0.1, 0.15) is 38.1 Å². The standard InChI is InChI=1S/C9H18N4/c1-3-5-6-13-9(4-2)8(7-10)11-12-13/h3-7,10H2,1-2H3. The zero-order valence-electron chi connectivity index (χ0n) is 8.45. The lowest BCUT2D eigenvalue weighted by Gasteiger charge is -2.03. The van der Waals surface area contributed by atoms with E-state index < -0.39 is 0 Å². The summed E-state index contributed by atoms with van der Waals surface area (Å²) in [7, 11) is 0. The predicted molar refractivity (Wildman–Crippen MR) is 52.2 cm³/mol. The van der Waals surface area contributed by atoms with Crippen LogP contribution < -0.4 is 5.73 Å². The van der Waals surface area contributed by atoms with Gasteiger partial charge in [0.15, 0.2) is 0 Å². The highest BCUT2D eigenvalue weighted by molar-refractivity contribution is 5.09. The van der Waals surface area contributed by atoms with Crippen molar-refractivity contribution in [1.82, 2.24) is 15.0 Å². The zero-order chi connectivity index (χ0) is 9.68. The van der Waals surface area contributed by atoms with E-state index in [1.54, 1.807) is 0 Å². The molecule has 0 spiro atoms. The lowest BCUT2D eigenvalue weighted by molar-refractivity contribution is 0.535. The van der Waals surface area contributed by atoms with Gasteiger partial charge in [-0.1, -0.05) is 25.5 Å². The van der Waals surface area contributed by atoms with Gasteiger partial charge in [0, 0.05) is 13.1 Å². The summed E-state index contributed by atoms with van der Waals surface area (Å²) < 4.78 is 1.98. The molecule has 0 amide bonds. The van der Waals surface area contributed by atoms with E-state index in [-0.39, 0.29) is 0 Å². The minimum absolute atomic E-state index is 0.495. The van der Waals surface area contributed by atoms with E-state index in [2.05, 4.69) is 24.2 Å².